The van der Waals surface area contributed by atoms with Crippen LogP contribution in [0, 0.1) is 5.92 Å². The van der Waals surface area contributed by atoms with Gasteiger partial charge in [-0.25, -0.2) is 0 Å². The number of hydrogen-bond acceptors (Lipinski definition) is 3. The third-order valence-electron chi connectivity index (χ3n) is 4.92. The van der Waals surface area contributed by atoms with Crippen LogP contribution in [0.2, 0.25) is 0 Å². The van der Waals surface area contributed by atoms with E-state index < -0.39 is 0 Å². The number of rotatable bonds is 5. The Bertz CT molecular complexity index is 659. The summed E-state index contributed by atoms with van der Waals surface area (Å²) in [5.74, 6) is 0.930. The van der Waals surface area contributed by atoms with Crippen molar-refractivity contribution in [3.05, 3.63) is 66.2 Å². The van der Waals surface area contributed by atoms with E-state index in [-0.39, 0.29) is 5.91 Å². The quantitative estimate of drug-likeness (QED) is 0.919. The van der Waals surface area contributed by atoms with Gasteiger partial charge in [0.25, 0.3) is 0 Å². The lowest BCUT2D eigenvalue weighted by molar-refractivity contribution is -0.119. The van der Waals surface area contributed by atoms with Crippen LogP contribution < -0.4 is 10.6 Å². The van der Waals surface area contributed by atoms with Crippen molar-refractivity contribution in [2.24, 2.45) is 11.7 Å². The van der Waals surface area contributed by atoms with Gasteiger partial charge in [0.05, 0.1) is 6.54 Å². The molecule has 0 saturated carbocycles. The zero-order valence-electron chi connectivity index (χ0n) is 14.1. The summed E-state index contributed by atoms with van der Waals surface area (Å²) in [5.41, 5.74) is 8.23. The van der Waals surface area contributed by atoms with Crippen LogP contribution in [-0.2, 0) is 4.79 Å². The monoisotopic (exact) mass is 323 g/mol. The molecular weight excluding hydrogens is 298 g/mol. The molecule has 0 aromatic heterocycles. The maximum Gasteiger partial charge on any atom is 0.240 e. The lowest BCUT2D eigenvalue weighted by atomic mass is 9.89. The zero-order chi connectivity index (χ0) is 16.9. The van der Waals surface area contributed by atoms with E-state index in [4.69, 9.17) is 5.73 Å². The number of likely N-dealkylation sites (tertiary alicyclic amines) is 1. The van der Waals surface area contributed by atoms with Crippen LogP contribution in [0.5, 0.6) is 0 Å². The number of amides is 1. The SMILES string of the molecule is CN(C(=O)CN1C[C@@H](CN)[C@H](c2ccccc2)C1)c1ccccc1. The summed E-state index contributed by atoms with van der Waals surface area (Å²) in [6, 6.07) is 20.3. The van der Waals surface area contributed by atoms with Crippen LogP contribution in [0.15, 0.2) is 60.7 Å². The molecule has 1 heterocycles. The highest BCUT2D eigenvalue weighted by atomic mass is 16.2. The first-order valence-corrected chi connectivity index (χ1v) is 8.48. The van der Waals surface area contributed by atoms with Crippen LogP contribution >= 0.6 is 0 Å². The fourth-order valence-corrected chi connectivity index (χ4v) is 3.50. The lowest BCUT2D eigenvalue weighted by Crippen LogP contribution is -2.37. The van der Waals surface area contributed by atoms with Gasteiger partial charge in [-0.15, -0.1) is 0 Å². The number of nitrogens with zero attached hydrogens (tertiary/aromatic N) is 2. The van der Waals surface area contributed by atoms with Crippen molar-refractivity contribution in [2.75, 3.05) is 38.1 Å². The van der Waals surface area contributed by atoms with Crippen molar-refractivity contribution in [1.82, 2.24) is 4.90 Å². The van der Waals surface area contributed by atoms with Gasteiger partial charge >= 0.3 is 0 Å². The molecule has 1 fully saturated rings. The molecule has 0 bridgehead atoms. The molecule has 0 spiro atoms. The van der Waals surface area contributed by atoms with Crippen LogP contribution in [-0.4, -0.2) is 44.0 Å². The highest BCUT2D eigenvalue weighted by Crippen LogP contribution is 2.31. The van der Waals surface area contributed by atoms with Crippen molar-refractivity contribution in [3.63, 3.8) is 0 Å². The second-order valence-electron chi connectivity index (χ2n) is 6.50. The van der Waals surface area contributed by atoms with Gasteiger partial charge in [0.15, 0.2) is 0 Å². The number of carbonyl (C=O) groups is 1. The average molecular weight is 323 g/mol. The minimum Gasteiger partial charge on any atom is -0.330 e. The summed E-state index contributed by atoms with van der Waals surface area (Å²) in [5, 5.41) is 0. The molecule has 4 heteroatoms. The standard InChI is InChI=1S/C20H25N3O/c1-22(18-10-6-3-7-11-18)20(24)15-23-13-17(12-21)19(14-23)16-8-4-2-5-9-16/h2-11,17,19H,12-15,21H2,1H3/t17-,19+/m1/s1. The summed E-state index contributed by atoms with van der Waals surface area (Å²) in [6.45, 7) is 2.86. The van der Waals surface area contributed by atoms with Gasteiger partial charge in [-0.2, -0.15) is 0 Å². The van der Waals surface area contributed by atoms with Crippen molar-refractivity contribution < 1.29 is 4.79 Å². The lowest BCUT2D eigenvalue weighted by Gasteiger charge is -2.21. The second-order valence-corrected chi connectivity index (χ2v) is 6.50. The normalized spacial score (nSPS) is 20.9. The molecule has 0 unspecified atom stereocenters. The Labute approximate surface area is 143 Å². The highest BCUT2D eigenvalue weighted by Gasteiger charge is 2.33. The molecule has 126 valence electrons. The summed E-state index contributed by atoms with van der Waals surface area (Å²) < 4.78 is 0. The van der Waals surface area contributed by atoms with Crippen molar-refractivity contribution in [1.29, 1.82) is 0 Å². The molecule has 3 rings (SSSR count). The molecule has 2 atom stereocenters. The molecule has 1 amide bonds. The molecule has 2 aromatic carbocycles. The number of para-hydroxylation sites is 1. The molecule has 2 aromatic rings. The molecule has 1 aliphatic heterocycles. The van der Waals surface area contributed by atoms with Crippen LogP contribution in [0.25, 0.3) is 0 Å². The summed E-state index contributed by atoms with van der Waals surface area (Å²) >= 11 is 0. The van der Waals surface area contributed by atoms with Crippen LogP contribution in [0.1, 0.15) is 11.5 Å². The zero-order valence-corrected chi connectivity index (χ0v) is 14.1. The first-order chi connectivity index (χ1) is 11.7. The molecule has 24 heavy (non-hydrogen) atoms. The Morgan fingerprint density at radius 1 is 1.08 bits per heavy atom. The number of carbonyl (C=O) groups excluding carboxylic acids is 1. The summed E-state index contributed by atoms with van der Waals surface area (Å²) in [4.78, 5) is 16.6. The Kier molecular flexibility index (Phi) is 5.28. The van der Waals surface area contributed by atoms with Gasteiger partial charge in [-0.05, 0) is 30.2 Å². The number of likely N-dealkylation sites (N-methyl/N-ethyl adjacent to an activating group) is 1. The van der Waals surface area contributed by atoms with Gasteiger partial charge in [-0.3, -0.25) is 9.69 Å². The molecule has 1 aliphatic rings. The van der Waals surface area contributed by atoms with Gasteiger partial charge in [0.1, 0.15) is 0 Å². The third-order valence-corrected chi connectivity index (χ3v) is 4.92. The number of nitrogens with two attached hydrogens (primary N) is 1. The predicted molar refractivity (Wildman–Crippen MR) is 98.0 cm³/mol. The first-order valence-electron chi connectivity index (χ1n) is 8.48. The van der Waals surface area contributed by atoms with E-state index in [1.165, 1.54) is 5.56 Å². The van der Waals surface area contributed by atoms with E-state index in [1.54, 1.807) is 4.90 Å². The topological polar surface area (TPSA) is 49.6 Å². The van der Waals surface area contributed by atoms with Crippen molar-refractivity contribution >= 4 is 11.6 Å². The van der Waals surface area contributed by atoms with E-state index in [0.29, 0.717) is 24.9 Å². The fourth-order valence-electron chi connectivity index (χ4n) is 3.50. The maximum atomic E-state index is 12.6. The molecule has 0 aliphatic carbocycles. The molecule has 1 saturated heterocycles. The average Bonchev–Trinajstić information content (AvgIpc) is 3.05. The molecule has 4 nitrogen and oxygen atoms in total. The van der Waals surface area contributed by atoms with Gasteiger partial charge in [0, 0.05) is 31.7 Å². The number of benzene rings is 2. The van der Waals surface area contributed by atoms with Crippen LogP contribution in [0.3, 0.4) is 0 Å². The van der Waals surface area contributed by atoms with Gasteiger partial charge < -0.3 is 10.6 Å². The second kappa shape index (κ2) is 7.60. The Hall–Kier alpha value is -2.17. The van der Waals surface area contributed by atoms with Crippen LogP contribution in [0.4, 0.5) is 5.69 Å². The van der Waals surface area contributed by atoms with Gasteiger partial charge in [0.2, 0.25) is 5.91 Å². The minimum atomic E-state index is 0.116. The smallest absolute Gasteiger partial charge is 0.240 e. The van der Waals surface area contributed by atoms with E-state index in [9.17, 15) is 4.79 Å². The van der Waals surface area contributed by atoms with Crippen molar-refractivity contribution in [2.45, 2.75) is 5.92 Å². The van der Waals surface area contributed by atoms with Crippen molar-refractivity contribution in [3.8, 4) is 0 Å². The molecule has 0 radical (unpaired) electrons. The van der Waals surface area contributed by atoms with E-state index in [0.717, 1.165) is 18.8 Å². The summed E-state index contributed by atoms with van der Waals surface area (Å²) in [6.07, 6.45) is 0. The Morgan fingerprint density at radius 2 is 1.71 bits per heavy atom. The van der Waals surface area contributed by atoms with E-state index >= 15 is 0 Å². The van der Waals surface area contributed by atoms with E-state index in [2.05, 4.69) is 29.2 Å². The fraction of sp³-hybridized carbons (Fsp3) is 0.350. The first kappa shape index (κ1) is 16.7. The third kappa shape index (κ3) is 3.66. The number of anilines is 1. The summed E-state index contributed by atoms with van der Waals surface area (Å²) in [7, 11) is 1.84. The maximum absolute atomic E-state index is 12.6. The predicted octanol–water partition coefficient (Wildman–Crippen LogP) is 2.32. The largest absolute Gasteiger partial charge is 0.330 e. The highest BCUT2D eigenvalue weighted by molar-refractivity contribution is 5.94. The Balaban J connectivity index is 1.65. The molecular formula is C20H25N3O. The van der Waals surface area contributed by atoms with E-state index in [1.807, 2.05) is 43.4 Å². The minimum absolute atomic E-state index is 0.116. The molecule has 2 N–H and O–H groups in total. The van der Waals surface area contributed by atoms with Gasteiger partial charge in [-0.1, -0.05) is 48.5 Å². The Morgan fingerprint density at radius 3 is 2.33 bits per heavy atom. The number of hydrogen-bond donors (Lipinski definition) is 1.